The van der Waals surface area contributed by atoms with Crippen molar-refractivity contribution in [3.05, 3.63) is 24.3 Å². The first-order chi connectivity index (χ1) is 11.4. The Balaban J connectivity index is 1.92. The number of carboxylic acids is 1. The first kappa shape index (κ1) is 18.7. The van der Waals surface area contributed by atoms with Crippen LogP contribution in [-0.2, 0) is 19.6 Å². The predicted molar refractivity (Wildman–Crippen MR) is 87.5 cm³/mol. The van der Waals surface area contributed by atoms with Gasteiger partial charge < -0.3 is 14.6 Å². The van der Waals surface area contributed by atoms with Crippen LogP contribution in [-0.4, -0.2) is 45.9 Å². The van der Waals surface area contributed by atoms with E-state index in [9.17, 15) is 13.2 Å². The number of benzene rings is 1. The van der Waals surface area contributed by atoms with Crippen LogP contribution in [0.5, 0.6) is 5.75 Å². The molecule has 0 atom stereocenters. The quantitative estimate of drug-likeness (QED) is 0.686. The normalized spacial score (nSPS) is 21.4. The number of sulfonamides is 1. The smallest absolute Gasteiger partial charge is 0.306 e. The van der Waals surface area contributed by atoms with Gasteiger partial charge in [-0.2, -0.15) is 0 Å². The van der Waals surface area contributed by atoms with Gasteiger partial charge in [-0.1, -0.05) is 0 Å². The maximum Gasteiger partial charge on any atom is 0.306 e. The molecule has 7 nitrogen and oxygen atoms in total. The van der Waals surface area contributed by atoms with Crippen molar-refractivity contribution in [2.24, 2.45) is 5.92 Å². The van der Waals surface area contributed by atoms with Crippen molar-refractivity contribution in [1.29, 1.82) is 0 Å². The highest BCUT2D eigenvalue weighted by Gasteiger charge is 2.28. The summed E-state index contributed by atoms with van der Waals surface area (Å²) < 4.78 is 37.7. The van der Waals surface area contributed by atoms with Crippen LogP contribution in [0.4, 0.5) is 0 Å². The van der Waals surface area contributed by atoms with Gasteiger partial charge in [-0.05, 0) is 49.9 Å². The lowest BCUT2D eigenvalue weighted by atomic mass is 9.87. The van der Waals surface area contributed by atoms with Crippen LogP contribution in [0.3, 0.4) is 0 Å². The van der Waals surface area contributed by atoms with Gasteiger partial charge in [0.05, 0.1) is 17.4 Å². The molecule has 0 aliphatic heterocycles. The molecular formula is C16H23NO6S. The van der Waals surface area contributed by atoms with Crippen molar-refractivity contribution in [2.75, 3.05) is 20.3 Å². The van der Waals surface area contributed by atoms with Gasteiger partial charge in [0.2, 0.25) is 10.0 Å². The number of carboxylic acid groups (broad SMARTS) is 1. The first-order valence-corrected chi connectivity index (χ1v) is 9.37. The second-order valence-electron chi connectivity index (χ2n) is 5.82. The van der Waals surface area contributed by atoms with Crippen molar-refractivity contribution in [2.45, 2.75) is 36.6 Å². The number of hydrogen-bond donors (Lipinski definition) is 2. The Hall–Kier alpha value is -1.64. The number of carbonyl (C=O) groups is 1. The summed E-state index contributed by atoms with van der Waals surface area (Å²) in [5.74, 6) is -0.595. The number of methoxy groups -OCH3 is 1. The van der Waals surface area contributed by atoms with Gasteiger partial charge in [0, 0.05) is 13.2 Å². The molecule has 2 rings (SSSR count). The molecule has 1 aliphatic carbocycles. The molecule has 24 heavy (non-hydrogen) atoms. The van der Waals surface area contributed by atoms with Gasteiger partial charge >= 0.3 is 5.97 Å². The average molecular weight is 357 g/mol. The summed E-state index contributed by atoms with van der Waals surface area (Å²) in [6.07, 6.45) is 2.06. The Morgan fingerprint density at radius 2 is 1.79 bits per heavy atom. The fourth-order valence-corrected chi connectivity index (χ4v) is 4.01. The summed E-state index contributed by atoms with van der Waals surface area (Å²) in [6, 6.07) is 5.97. The van der Waals surface area contributed by atoms with E-state index in [4.69, 9.17) is 14.6 Å². The topological polar surface area (TPSA) is 102 Å². The SMILES string of the molecule is COCCOc1ccc(S(=O)(=O)NC2CCC(C(=O)O)CC2)cc1. The molecule has 8 heteroatoms. The molecule has 1 aromatic rings. The summed E-state index contributed by atoms with van der Waals surface area (Å²) >= 11 is 0. The largest absolute Gasteiger partial charge is 0.491 e. The third kappa shape index (κ3) is 5.19. The molecular weight excluding hydrogens is 334 g/mol. The second-order valence-corrected chi connectivity index (χ2v) is 7.53. The monoisotopic (exact) mass is 357 g/mol. The van der Waals surface area contributed by atoms with Gasteiger partial charge in [0.25, 0.3) is 0 Å². The molecule has 0 amide bonds. The van der Waals surface area contributed by atoms with Gasteiger partial charge in [0.1, 0.15) is 12.4 Å². The van der Waals surface area contributed by atoms with E-state index in [0.29, 0.717) is 44.6 Å². The van der Waals surface area contributed by atoms with Gasteiger partial charge in [-0.3, -0.25) is 4.79 Å². The summed E-state index contributed by atoms with van der Waals surface area (Å²) in [7, 11) is -2.04. The lowest BCUT2D eigenvalue weighted by molar-refractivity contribution is -0.142. The summed E-state index contributed by atoms with van der Waals surface area (Å²) in [5.41, 5.74) is 0. The number of ether oxygens (including phenoxy) is 2. The second kappa shape index (κ2) is 8.46. The van der Waals surface area contributed by atoms with Crippen molar-refractivity contribution in [1.82, 2.24) is 4.72 Å². The molecule has 1 aromatic carbocycles. The molecule has 2 N–H and O–H groups in total. The summed E-state index contributed by atoms with van der Waals surface area (Å²) in [6.45, 7) is 0.855. The maximum atomic E-state index is 12.4. The van der Waals surface area contributed by atoms with Crippen molar-refractivity contribution < 1.29 is 27.8 Å². The maximum absolute atomic E-state index is 12.4. The number of rotatable bonds is 8. The van der Waals surface area contributed by atoms with Crippen LogP contribution in [0, 0.1) is 5.92 Å². The zero-order chi connectivity index (χ0) is 17.6. The highest BCUT2D eigenvalue weighted by molar-refractivity contribution is 7.89. The van der Waals surface area contributed by atoms with E-state index in [-0.39, 0.29) is 16.9 Å². The third-order valence-electron chi connectivity index (χ3n) is 4.09. The lowest BCUT2D eigenvalue weighted by Crippen LogP contribution is -2.38. The zero-order valence-electron chi connectivity index (χ0n) is 13.6. The number of hydrogen-bond acceptors (Lipinski definition) is 5. The fourth-order valence-electron chi connectivity index (χ4n) is 2.70. The highest BCUT2D eigenvalue weighted by atomic mass is 32.2. The Morgan fingerprint density at radius 3 is 2.33 bits per heavy atom. The summed E-state index contributed by atoms with van der Waals surface area (Å²) in [4.78, 5) is 11.1. The Labute approximate surface area is 142 Å². The minimum Gasteiger partial charge on any atom is -0.491 e. The van der Waals surface area contributed by atoms with Crippen LogP contribution in [0.25, 0.3) is 0 Å². The molecule has 0 aromatic heterocycles. The Bertz CT molecular complexity index is 635. The van der Waals surface area contributed by atoms with Crippen molar-refractivity contribution in [3.8, 4) is 5.75 Å². The van der Waals surface area contributed by atoms with Crippen LogP contribution in [0.15, 0.2) is 29.2 Å². The number of aliphatic carboxylic acids is 1. The molecule has 1 saturated carbocycles. The minimum absolute atomic E-state index is 0.168. The fraction of sp³-hybridized carbons (Fsp3) is 0.562. The number of nitrogens with one attached hydrogen (secondary N) is 1. The lowest BCUT2D eigenvalue weighted by Gasteiger charge is -2.26. The molecule has 0 heterocycles. The average Bonchev–Trinajstić information content (AvgIpc) is 2.56. The van der Waals surface area contributed by atoms with Crippen LogP contribution in [0.1, 0.15) is 25.7 Å². The van der Waals surface area contributed by atoms with E-state index in [1.54, 1.807) is 19.2 Å². The molecule has 0 unspecified atom stereocenters. The van der Waals surface area contributed by atoms with Crippen LogP contribution in [0.2, 0.25) is 0 Å². The molecule has 1 fully saturated rings. The first-order valence-electron chi connectivity index (χ1n) is 7.89. The van der Waals surface area contributed by atoms with Crippen LogP contribution >= 0.6 is 0 Å². The Kier molecular flexibility index (Phi) is 6.59. The molecule has 0 spiro atoms. The molecule has 0 bridgehead atoms. The highest BCUT2D eigenvalue weighted by Crippen LogP contribution is 2.26. The van der Waals surface area contributed by atoms with Crippen molar-refractivity contribution in [3.63, 3.8) is 0 Å². The standard InChI is InChI=1S/C16H23NO6S/c1-22-10-11-23-14-6-8-15(9-7-14)24(20,21)17-13-4-2-12(3-5-13)16(18)19/h6-9,12-13,17H,2-5,10-11H2,1H3,(H,18,19). The van der Waals surface area contributed by atoms with E-state index in [0.717, 1.165) is 0 Å². The summed E-state index contributed by atoms with van der Waals surface area (Å²) in [5, 5.41) is 8.98. The predicted octanol–water partition coefficient (Wildman–Crippen LogP) is 1.63. The van der Waals surface area contributed by atoms with E-state index >= 15 is 0 Å². The zero-order valence-corrected chi connectivity index (χ0v) is 14.4. The molecule has 1 aliphatic rings. The van der Waals surface area contributed by atoms with Crippen LogP contribution < -0.4 is 9.46 Å². The minimum atomic E-state index is -3.62. The van der Waals surface area contributed by atoms with E-state index < -0.39 is 16.0 Å². The van der Waals surface area contributed by atoms with Gasteiger partial charge in [0.15, 0.2) is 0 Å². The molecule has 0 radical (unpaired) electrons. The van der Waals surface area contributed by atoms with E-state index in [1.807, 2.05) is 0 Å². The van der Waals surface area contributed by atoms with E-state index in [1.165, 1.54) is 12.1 Å². The third-order valence-corrected chi connectivity index (χ3v) is 5.62. The molecule has 0 saturated heterocycles. The van der Waals surface area contributed by atoms with Crippen molar-refractivity contribution >= 4 is 16.0 Å². The van der Waals surface area contributed by atoms with E-state index in [2.05, 4.69) is 4.72 Å². The van der Waals surface area contributed by atoms with Gasteiger partial charge in [-0.15, -0.1) is 0 Å². The Morgan fingerprint density at radius 1 is 1.17 bits per heavy atom. The van der Waals surface area contributed by atoms with Gasteiger partial charge in [-0.25, -0.2) is 13.1 Å². The molecule has 134 valence electrons.